The normalized spacial score (nSPS) is 11.5. The highest BCUT2D eigenvalue weighted by atomic mass is 32.2. The summed E-state index contributed by atoms with van der Waals surface area (Å²) in [5.74, 6) is 1.42. The number of nitrogens with zero attached hydrogens (tertiary/aromatic N) is 2. The Morgan fingerprint density at radius 2 is 1.76 bits per heavy atom. The lowest BCUT2D eigenvalue weighted by atomic mass is 9.95. The highest BCUT2D eigenvalue weighted by molar-refractivity contribution is 7.98. The minimum absolute atomic E-state index is 0.351. The summed E-state index contributed by atoms with van der Waals surface area (Å²) in [6.07, 6.45) is 0. The van der Waals surface area contributed by atoms with E-state index >= 15 is 0 Å². The standard InChI is InChI=1S/C23H22N2O3S/c1-13(2)18-11-19-17(10-21(26)27-20(19)9-15(18)4)12-29-23-25-24-22(28-23)16-7-5-14(3)6-8-16/h5-11,13H,12H2,1-4H3. The van der Waals surface area contributed by atoms with Crippen molar-refractivity contribution in [2.45, 2.75) is 44.6 Å². The minimum atomic E-state index is -0.351. The van der Waals surface area contributed by atoms with Gasteiger partial charge >= 0.3 is 5.63 Å². The van der Waals surface area contributed by atoms with E-state index in [4.69, 9.17) is 8.83 Å². The van der Waals surface area contributed by atoms with Crippen molar-refractivity contribution in [2.75, 3.05) is 0 Å². The molecule has 0 saturated carbocycles. The second-order valence-corrected chi connectivity index (χ2v) is 8.40. The topological polar surface area (TPSA) is 69.1 Å². The molecule has 6 heteroatoms. The van der Waals surface area contributed by atoms with Gasteiger partial charge in [0.2, 0.25) is 5.89 Å². The minimum Gasteiger partial charge on any atom is -0.423 e. The molecule has 0 radical (unpaired) electrons. The van der Waals surface area contributed by atoms with E-state index in [1.165, 1.54) is 22.9 Å². The lowest BCUT2D eigenvalue weighted by molar-refractivity contribution is 0.466. The first-order chi connectivity index (χ1) is 13.9. The molecule has 0 fully saturated rings. The van der Waals surface area contributed by atoms with Gasteiger partial charge in [-0.15, -0.1) is 10.2 Å². The number of aromatic nitrogens is 2. The maximum absolute atomic E-state index is 12.0. The molecule has 29 heavy (non-hydrogen) atoms. The molecule has 0 unspecified atom stereocenters. The smallest absolute Gasteiger partial charge is 0.336 e. The number of thioether (sulfide) groups is 1. The first-order valence-corrected chi connectivity index (χ1v) is 10.5. The van der Waals surface area contributed by atoms with Gasteiger partial charge < -0.3 is 8.83 Å². The molecule has 0 aliphatic heterocycles. The lowest BCUT2D eigenvalue weighted by Gasteiger charge is -2.12. The zero-order valence-electron chi connectivity index (χ0n) is 16.9. The van der Waals surface area contributed by atoms with Gasteiger partial charge in [0.15, 0.2) is 0 Å². The molecule has 5 nitrogen and oxygen atoms in total. The van der Waals surface area contributed by atoms with Crippen molar-refractivity contribution in [3.8, 4) is 11.5 Å². The van der Waals surface area contributed by atoms with Crippen LogP contribution in [0, 0.1) is 13.8 Å². The molecule has 4 rings (SSSR count). The number of hydrogen-bond donors (Lipinski definition) is 0. The summed E-state index contributed by atoms with van der Waals surface area (Å²) in [6, 6.07) is 13.6. The van der Waals surface area contributed by atoms with E-state index in [9.17, 15) is 4.79 Å². The highest BCUT2D eigenvalue weighted by Crippen LogP contribution is 2.31. The van der Waals surface area contributed by atoms with Gasteiger partial charge in [-0.2, -0.15) is 0 Å². The lowest BCUT2D eigenvalue weighted by Crippen LogP contribution is -2.02. The third-order valence-corrected chi connectivity index (χ3v) is 5.76. The predicted molar refractivity (Wildman–Crippen MR) is 115 cm³/mol. The van der Waals surface area contributed by atoms with E-state index < -0.39 is 0 Å². The maximum Gasteiger partial charge on any atom is 0.336 e. The van der Waals surface area contributed by atoms with Gasteiger partial charge in [-0.25, -0.2) is 4.79 Å². The average molecular weight is 407 g/mol. The van der Waals surface area contributed by atoms with E-state index in [0.29, 0.717) is 28.4 Å². The van der Waals surface area contributed by atoms with Crippen LogP contribution in [0.2, 0.25) is 0 Å². The fraction of sp³-hybridized carbons (Fsp3) is 0.261. The Labute approximate surface area is 173 Å². The zero-order chi connectivity index (χ0) is 20.5. The molecule has 0 aliphatic carbocycles. The summed E-state index contributed by atoms with van der Waals surface area (Å²) in [4.78, 5) is 12.0. The third kappa shape index (κ3) is 4.12. The summed E-state index contributed by atoms with van der Waals surface area (Å²) in [5, 5.41) is 9.70. The molecule has 0 spiro atoms. The zero-order valence-corrected chi connectivity index (χ0v) is 17.7. The molecule has 0 amide bonds. The molecule has 148 valence electrons. The molecular weight excluding hydrogens is 384 g/mol. The largest absolute Gasteiger partial charge is 0.423 e. The molecule has 2 aromatic heterocycles. The number of hydrogen-bond acceptors (Lipinski definition) is 6. The van der Waals surface area contributed by atoms with Gasteiger partial charge in [0.25, 0.3) is 5.22 Å². The van der Waals surface area contributed by atoms with E-state index in [0.717, 1.165) is 22.1 Å². The van der Waals surface area contributed by atoms with E-state index in [-0.39, 0.29) is 5.63 Å². The molecular formula is C23H22N2O3S. The molecule has 0 saturated heterocycles. The maximum atomic E-state index is 12.0. The number of fused-ring (bicyclic) bond motifs is 1. The van der Waals surface area contributed by atoms with Crippen molar-refractivity contribution >= 4 is 22.7 Å². The Balaban J connectivity index is 1.62. The SMILES string of the molecule is Cc1ccc(-c2nnc(SCc3cc(=O)oc4cc(C)c(C(C)C)cc34)o2)cc1. The van der Waals surface area contributed by atoms with Crippen molar-refractivity contribution in [1.82, 2.24) is 10.2 Å². The van der Waals surface area contributed by atoms with Gasteiger partial charge in [0, 0.05) is 22.8 Å². The van der Waals surface area contributed by atoms with Gasteiger partial charge in [0.05, 0.1) is 0 Å². The molecule has 0 aliphatic rings. The fourth-order valence-corrected chi connectivity index (χ4v) is 4.11. The molecule has 0 atom stereocenters. The summed E-state index contributed by atoms with van der Waals surface area (Å²) in [6.45, 7) is 8.40. The second kappa shape index (κ2) is 7.87. The molecule has 4 aromatic rings. The molecule has 2 aromatic carbocycles. The summed E-state index contributed by atoms with van der Waals surface area (Å²) >= 11 is 1.41. The molecule has 2 heterocycles. The van der Waals surface area contributed by atoms with Crippen LogP contribution < -0.4 is 5.63 Å². The van der Waals surface area contributed by atoms with Crippen LogP contribution >= 0.6 is 11.8 Å². The van der Waals surface area contributed by atoms with Crippen LogP contribution in [0.1, 0.15) is 42.0 Å². The van der Waals surface area contributed by atoms with Gasteiger partial charge in [-0.05, 0) is 60.7 Å². The number of aryl methyl sites for hydroxylation is 2. The van der Waals surface area contributed by atoms with Crippen LogP contribution in [0.5, 0.6) is 0 Å². The van der Waals surface area contributed by atoms with Gasteiger partial charge in [-0.3, -0.25) is 0 Å². The molecule has 0 bridgehead atoms. The Morgan fingerprint density at radius 3 is 2.48 bits per heavy atom. The van der Waals surface area contributed by atoms with Crippen LogP contribution in [-0.2, 0) is 5.75 Å². The van der Waals surface area contributed by atoms with Crippen molar-refractivity contribution in [3.63, 3.8) is 0 Å². The number of rotatable bonds is 5. The van der Waals surface area contributed by atoms with E-state index in [2.05, 4.69) is 30.1 Å². The molecule has 0 N–H and O–H groups in total. The van der Waals surface area contributed by atoms with Crippen LogP contribution in [0.15, 0.2) is 61.3 Å². The van der Waals surface area contributed by atoms with Crippen LogP contribution in [0.25, 0.3) is 22.4 Å². The second-order valence-electron chi connectivity index (χ2n) is 7.48. The summed E-state index contributed by atoms with van der Waals surface area (Å²) in [5.41, 5.74) is 5.60. The van der Waals surface area contributed by atoms with Crippen LogP contribution in [0.4, 0.5) is 0 Å². The Morgan fingerprint density at radius 1 is 1.00 bits per heavy atom. The summed E-state index contributed by atoms with van der Waals surface area (Å²) < 4.78 is 11.2. The third-order valence-electron chi connectivity index (χ3n) is 4.89. The Hall–Kier alpha value is -2.86. The van der Waals surface area contributed by atoms with Crippen molar-refractivity contribution < 1.29 is 8.83 Å². The quantitative estimate of drug-likeness (QED) is 0.305. The van der Waals surface area contributed by atoms with Crippen molar-refractivity contribution in [2.24, 2.45) is 0 Å². The Bertz CT molecular complexity index is 1220. The van der Waals surface area contributed by atoms with Gasteiger partial charge in [-0.1, -0.05) is 43.3 Å². The summed E-state index contributed by atoms with van der Waals surface area (Å²) in [7, 11) is 0. The van der Waals surface area contributed by atoms with Gasteiger partial charge in [0.1, 0.15) is 5.58 Å². The first-order valence-electron chi connectivity index (χ1n) is 9.51. The van der Waals surface area contributed by atoms with Crippen molar-refractivity contribution in [1.29, 1.82) is 0 Å². The van der Waals surface area contributed by atoms with Crippen molar-refractivity contribution in [3.05, 3.63) is 75.1 Å². The Kier molecular flexibility index (Phi) is 5.28. The highest BCUT2D eigenvalue weighted by Gasteiger charge is 2.14. The monoisotopic (exact) mass is 406 g/mol. The average Bonchev–Trinajstić information content (AvgIpc) is 3.14. The van der Waals surface area contributed by atoms with E-state index in [1.807, 2.05) is 44.2 Å². The van der Waals surface area contributed by atoms with E-state index in [1.54, 1.807) is 6.07 Å². The van der Waals surface area contributed by atoms with Crippen LogP contribution in [-0.4, -0.2) is 10.2 Å². The predicted octanol–water partition coefficient (Wildman–Crippen LogP) is 5.88. The fourth-order valence-electron chi connectivity index (χ4n) is 3.35. The van der Waals surface area contributed by atoms with Crippen LogP contribution in [0.3, 0.4) is 0 Å². The first kappa shape index (κ1) is 19.5. The number of benzene rings is 2.